The Bertz CT molecular complexity index is 1040. The smallest absolute Gasteiger partial charge is 0.244 e. The Morgan fingerprint density at radius 2 is 1.70 bits per heavy atom. The number of nitrogens with zero attached hydrogens (tertiary/aromatic N) is 2. The lowest BCUT2D eigenvalue weighted by Gasteiger charge is -2.30. The van der Waals surface area contributed by atoms with Crippen molar-refractivity contribution in [1.82, 2.24) is 9.73 Å². The van der Waals surface area contributed by atoms with Crippen LogP contribution in [-0.4, -0.2) is 37.9 Å². The molecule has 0 spiro atoms. The Balaban J connectivity index is 1.67. The minimum atomic E-state index is -3.61. The molecule has 7 heteroatoms. The van der Waals surface area contributed by atoms with Crippen LogP contribution in [0, 0.1) is 33.6 Å². The van der Waals surface area contributed by atoms with Crippen LogP contribution in [0.25, 0.3) is 0 Å². The van der Waals surface area contributed by atoms with Crippen molar-refractivity contribution in [3.05, 3.63) is 64.2 Å². The number of piperidine rings is 1. The topological polar surface area (TPSA) is 78.8 Å². The van der Waals surface area contributed by atoms with Crippen molar-refractivity contribution >= 4 is 22.1 Å². The van der Waals surface area contributed by atoms with Crippen LogP contribution in [0.2, 0.25) is 0 Å². The largest absolute Gasteiger partial charge is 0.273 e. The van der Waals surface area contributed by atoms with Crippen LogP contribution in [0.3, 0.4) is 0 Å². The predicted octanol–water partition coefficient (Wildman–Crippen LogP) is 3.47. The first kappa shape index (κ1) is 22.2. The molecule has 0 unspecified atom stereocenters. The molecule has 1 fully saturated rings. The zero-order valence-corrected chi connectivity index (χ0v) is 18.8. The number of aryl methyl sites for hydroxylation is 4. The Morgan fingerprint density at radius 3 is 2.33 bits per heavy atom. The zero-order chi connectivity index (χ0) is 21.9. The number of hydrogen-bond donors (Lipinski definition) is 1. The molecule has 30 heavy (non-hydrogen) atoms. The van der Waals surface area contributed by atoms with E-state index in [4.69, 9.17) is 0 Å². The van der Waals surface area contributed by atoms with E-state index in [9.17, 15) is 13.2 Å². The fourth-order valence-electron chi connectivity index (χ4n) is 3.88. The quantitative estimate of drug-likeness (QED) is 0.586. The summed E-state index contributed by atoms with van der Waals surface area (Å²) in [6, 6.07) is 10.9. The van der Waals surface area contributed by atoms with Gasteiger partial charge in [-0.05, 0) is 63.8 Å². The molecular formula is C23H29N3O3S. The van der Waals surface area contributed by atoms with E-state index in [1.165, 1.54) is 9.87 Å². The van der Waals surface area contributed by atoms with Crippen molar-refractivity contribution in [1.29, 1.82) is 0 Å². The van der Waals surface area contributed by atoms with Gasteiger partial charge in [0.1, 0.15) is 0 Å². The number of hydrazone groups is 1. The van der Waals surface area contributed by atoms with Crippen LogP contribution in [-0.2, 0) is 14.8 Å². The van der Waals surface area contributed by atoms with Crippen molar-refractivity contribution in [3.63, 3.8) is 0 Å². The summed E-state index contributed by atoms with van der Waals surface area (Å²) in [5, 5.41) is 4.13. The van der Waals surface area contributed by atoms with Gasteiger partial charge in [0.2, 0.25) is 15.9 Å². The van der Waals surface area contributed by atoms with Crippen molar-refractivity contribution in [2.24, 2.45) is 11.0 Å². The van der Waals surface area contributed by atoms with Crippen molar-refractivity contribution in [2.75, 3.05) is 13.1 Å². The fraction of sp³-hybridized carbons (Fsp3) is 0.391. The molecule has 1 heterocycles. The highest BCUT2D eigenvalue weighted by Gasteiger charge is 2.33. The van der Waals surface area contributed by atoms with Gasteiger partial charge in [-0.2, -0.15) is 9.41 Å². The average molecular weight is 428 g/mol. The standard InChI is InChI=1S/C23H29N3O3S/c1-16-7-9-21(10-8-16)30(28,29)26-11-5-6-20(15-26)23(27)25-24-14-22-18(3)12-17(2)13-19(22)4/h7-10,12-14,20H,5-6,11,15H2,1-4H3,(H,25,27)/b24-14-/t20-/m0/s1. The van der Waals surface area contributed by atoms with E-state index in [1.54, 1.807) is 30.5 Å². The molecular weight excluding hydrogens is 398 g/mol. The van der Waals surface area contributed by atoms with Crippen LogP contribution in [0.4, 0.5) is 0 Å². The second kappa shape index (κ2) is 9.10. The third kappa shape index (κ3) is 4.96. The molecule has 0 aromatic heterocycles. The maximum absolute atomic E-state index is 12.9. The molecule has 0 bridgehead atoms. The molecule has 6 nitrogen and oxygen atoms in total. The molecule has 0 aliphatic carbocycles. The molecule has 1 N–H and O–H groups in total. The van der Waals surface area contributed by atoms with Gasteiger partial charge in [-0.25, -0.2) is 13.8 Å². The van der Waals surface area contributed by atoms with Crippen LogP contribution in [0.5, 0.6) is 0 Å². The summed E-state index contributed by atoms with van der Waals surface area (Å²) in [5.74, 6) is -0.672. The number of nitrogens with one attached hydrogen (secondary N) is 1. The van der Waals surface area contributed by atoms with Crippen molar-refractivity contribution in [3.8, 4) is 0 Å². The molecule has 160 valence electrons. The number of benzene rings is 2. The Hall–Kier alpha value is -2.51. The Labute approximate surface area is 179 Å². The maximum atomic E-state index is 12.9. The highest BCUT2D eigenvalue weighted by Crippen LogP contribution is 2.24. The average Bonchev–Trinajstić information content (AvgIpc) is 2.70. The van der Waals surface area contributed by atoms with Crippen molar-refractivity contribution < 1.29 is 13.2 Å². The van der Waals surface area contributed by atoms with E-state index < -0.39 is 15.9 Å². The molecule has 1 aliphatic heterocycles. The summed E-state index contributed by atoms with van der Waals surface area (Å²) in [4.78, 5) is 12.9. The first-order valence-electron chi connectivity index (χ1n) is 10.2. The summed E-state index contributed by atoms with van der Waals surface area (Å²) in [6.07, 6.45) is 2.94. The highest BCUT2D eigenvalue weighted by atomic mass is 32.2. The van der Waals surface area contributed by atoms with Crippen LogP contribution in [0.15, 0.2) is 46.4 Å². The third-order valence-electron chi connectivity index (χ3n) is 5.52. The van der Waals surface area contributed by atoms with E-state index in [1.807, 2.05) is 27.7 Å². The van der Waals surface area contributed by atoms with E-state index >= 15 is 0 Å². The maximum Gasteiger partial charge on any atom is 0.244 e. The zero-order valence-electron chi connectivity index (χ0n) is 18.0. The van der Waals surface area contributed by atoms with Gasteiger partial charge in [0.25, 0.3) is 0 Å². The molecule has 3 rings (SSSR count). The molecule has 1 amide bonds. The molecule has 0 radical (unpaired) electrons. The normalized spacial score (nSPS) is 17.9. The van der Waals surface area contributed by atoms with E-state index in [0.29, 0.717) is 19.4 Å². The summed E-state index contributed by atoms with van der Waals surface area (Å²) < 4.78 is 27.3. The van der Waals surface area contributed by atoms with Gasteiger partial charge in [-0.3, -0.25) is 4.79 Å². The first-order valence-corrected chi connectivity index (χ1v) is 11.6. The lowest BCUT2D eigenvalue weighted by atomic mass is 9.99. The number of carbonyl (C=O) groups is 1. The minimum absolute atomic E-state index is 0.167. The van der Waals surface area contributed by atoms with Crippen molar-refractivity contribution in [2.45, 2.75) is 45.4 Å². The first-order chi connectivity index (χ1) is 14.2. The second-order valence-corrected chi connectivity index (χ2v) is 10.00. The second-order valence-electron chi connectivity index (χ2n) is 8.06. The molecule has 1 saturated heterocycles. The fourth-order valence-corrected chi connectivity index (χ4v) is 5.40. The minimum Gasteiger partial charge on any atom is -0.273 e. The Morgan fingerprint density at radius 1 is 1.07 bits per heavy atom. The van der Waals surface area contributed by atoms with E-state index in [-0.39, 0.29) is 17.3 Å². The van der Waals surface area contributed by atoms with E-state index in [2.05, 4.69) is 22.7 Å². The van der Waals surface area contributed by atoms with E-state index in [0.717, 1.165) is 22.3 Å². The lowest BCUT2D eigenvalue weighted by molar-refractivity contribution is -0.126. The van der Waals surface area contributed by atoms with Gasteiger partial charge in [-0.15, -0.1) is 0 Å². The van der Waals surface area contributed by atoms with Crippen LogP contribution in [0.1, 0.15) is 40.7 Å². The Kier molecular flexibility index (Phi) is 6.73. The SMILES string of the molecule is Cc1ccc(S(=O)(=O)N2CCC[C@H](C(=O)N/N=C\c3c(C)cc(C)cc3C)C2)cc1. The molecule has 2 aromatic rings. The number of hydrogen-bond acceptors (Lipinski definition) is 4. The monoisotopic (exact) mass is 427 g/mol. The molecule has 0 saturated carbocycles. The van der Waals surface area contributed by atoms with Gasteiger partial charge in [0.05, 0.1) is 17.0 Å². The van der Waals surface area contributed by atoms with Gasteiger partial charge in [-0.1, -0.05) is 35.4 Å². The summed E-state index contributed by atoms with van der Waals surface area (Å²) in [6.45, 7) is 8.57. The number of carbonyl (C=O) groups excluding carboxylic acids is 1. The van der Waals surface area contributed by atoms with Crippen LogP contribution < -0.4 is 5.43 Å². The number of rotatable bonds is 5. The third-order valence-corrected chi connectivity index (χ3v) is 7.40. The molecule has 1 atom stereocenters. The summed E-state index contributed by atoms with van der Waals surface area (Å²) in [5.41, 5.74) is 7.95. The predicted molar refractivity (Wildman–Crippen MR) is 119 cm³/mol. The van der Waals surface area contributed by atoms with Gasteiger partial charge in [0, 0.05) is 18.7 Å². The van der Waals surface area contributed by atoms with Gasteiger partial charge < -0.3 is 0 Å². The molecule has 2 aromatic carbocycles. The van der Waals surface area contributed by atoms with Gasteiger partial charge >= 0.3 is 0 Å². The highest BCUT2D eigenvalue weighted by molar-refractivity contribution is 7.89. The summed E-state index contributed by atoms with van der Waals surface area (Å²) in [7, 11) is -3.61. The lowest BCUT2D eigenvalue weighted by Crippen LogP contribution is -2.44. The van der Waals surface area contributed by atoms with Crippen LogP contribution >= 0.6 is 0 Å². The summed E-state index contributed by atoms with van der Waals surface area (Å²) >= 11 is 0. The van der Waals surface area contributed by atoms with Gasteiger partial charge in [0.15, 0.2) is 0 Å². The number of sulfonamides is 1. The molecule has 1 aliphatic rings. The number of amides is 1.